The largest absolute Gasteiger partial charge is 0.388 e. The van der Waals surface area contributed by atoms with Crippen LogP contribution in [-0.4, -0.2) is 41.6 Å². The number of amides is 1. The first-order chi connectivity index (χ1) is 10.7. The number of nitrogens with one attached hydrogen (secondary N) is 1. The van der Waals surface area contributed by atoms with E-state index in [1.54, 1.807) is 0 Å². The Bertz CT molecular complexity index is 450. The van der Waals surface area contributed by atoms with E-state index in [4.69, 9.17) is 0 Å². The highest BCUT2D eigenvalue weighted by Gasteiger charge is 2.17. The SMILES string of the molecule is CC1CCCCN1CCCNC(=O)CC(O)c1ccccc1. The van der Waals surface area contributed by atoms with Gasteiger partial charge in [0, 0.05) is 19.1 Å². The van der Waals surface area contributed by atoms with Crippen molar-refractivity contribution in [2.75, 3.05) is 19.6 Å². The molecule has 0 bridgehead atoms. The fraction of sp³-hybridized carbons (Fsp3) is 0.611. The summed E-state index contributed by atoms with van der Waals surface area (Å²) in [6, 6.07) is 10.00. The van der Waals surface area contributed by atoms with Crippen molar-refractivity contribution in [2.24, 2.45) is 0 Å². The number of hydrogen-bond donors (Lipinski definition) is 2. The summed E-state index contributed by atoms with van der Waals surface area (Å²) in [7, 11) is 0. The number of benzene rings is 1. The van der Waals surface area contributed by atoms with Crippen LogP contribution >= 0.6 is 0 Å². The van der Waals surface area contributed by atoms with Crippen LogP contribution in [0, 0.1) is 0 Å². The fourth-order valence-corrected chi connectivity index (χ4v) is 3.04. The van der Waals surface area contributed by atoms with E-state index in [0.717, 1.165) is 18.5 Å². The number of aliphatic hydroxyl groups is 1. The number of likely N-dealkylation sites (tertiary alicyclic amines) is 1. The summed E-state index contributed by atoms with van der Waals surface area (Å²) in [6.45, 7) is 5.20. The molecule has 2 unspecified atom stereocenters. The van der Waals surface area contributed by atoms with Crippen molar-refractivity contribution in [3.05, 3.63) is 35.9 Å². The van der Waals surface area contributed by atoms with Crippen LogP contribution in [0.4, 0.5) is 0 Å². The molecule has 1 amide bonds. The van der Waals surface area contributed by atoms with Crippen molar-refractivity contribution < 1.29 is 9.90 Å². The standard InChI is InChI=1S/C18H28N2O2/c1-15-8-5-6-12-20(15)13-7-11-19-18(22)14-17(21)16-9-3-2-4-10-16/h2-4,9-10,15,17,21H,5-8,11-14H2,1H3,(H,19,22). The lowest BCUT2D eigenvalue weighted by Gasteiger charge is -2.33. The average molecular weight is 304 g/mol. The normalized spacial score (nSPS) is 20.5. The third-order valence-corrected chi connectivity index (χ3v) is 4.45. The Labute approximate surface area is 133 Å². The minimum Gasteiger partial charge on any atom is -0.388 e. The van der Waals surface area contributed by atoms with Gasteiger partial charge in [-0.15, -0.1) is 0 Å². The summed E-state index contributed by atoms with van der Waals surface area (Å²) in [4.78, 5) is 14.4. The Morgan fingerprint density at radius 3 is 2.86 bits per heavy atom. The molecule has 1 aromatic rings. The monoisotopic (exact) mass is 304 g/mol. The Hall–Kier alpha value is -1.39. The van der Waals surface area contributed by atoms with E-state index in [-0.39, 0.29) is 12.3 Å². The van der Waals surface area contributed by atoms with Gasteiger partial charge in [-0.25, -0.2) is 0 Å². The van der Waals surface area contributed by atoms with Crippen LogP contribution in [0.15, 0.2) is 30.3 Å². The maximum atomic E-state index is 11.9. The molecule has 1 aliphatic rings. The van der Waals surface area contributed by atoms with Gasteiger partial charge in [-0.1, -0.05) is 36.8 Å². The first-order valence-corrected chi connectivity index (χ1v) is 8.40. The number of hydrogen-bond acceptors (Lipinski definition) is 3. The predicted octanol–water partition coefficient (Wildman–Crippen LogP) is 2.49. The van der Waals surface area contributed by atoms with Gasteiger partial charge in [-0.2, -0.15) is 0 Å². The van der Waals surface area contributed by atoms with Crippen LogP contribution in [0.2, 0.25) is 0 Å². The third kappa shape index (κ3) is 5.43. The van der Waals surface area contributed by atoms with E-state index >= 15 is 0 Å². The summed E-state index contributed by atoms with van der Waals surface area (Å²) < 4.78 is 0. The number of piperidine rings is 1. The van der Waals surface area contributed by atoms with E-state index < -0.39 is 6.10 Å². The van der Waals surface area contributed by atoms with E-state index in [1.165, 1.54) is 25.8 Å². The second kappa shape index (κ2) is 8.91. The van der Waals surface area contributed by atoms with Gasteiger partial charge in [-0.05, 0) is 38.3 Å². The third-order valence-electron chi connectivity index (χ3n) is 4.45. The Morgan fingerprint density at radius 2 is 2.14 bits per heavy atom. The van der Waals surface area contributed by atoms with Crippen molar-refractivity contribution in [1.82, 2.24) is 10.2 Å². The molecule has 4 heteroatoms. The van der Waals surface area contributed by atoms with Gasteiger partial charge in [0.25, 0.3) is 0 Å². The van der Waals surface area contributed by atoms with Gasteiger partial charge in [0.1, 0.15) is 0 Å². The van der Waals surface area contributed by atoms with Crippen molar-refractivity contribution >= 4 is 5.91 Å². The number of carbonyl (C=O) groups is 1. The molecule has 0 spiro atoms. The van der Waals surface area contributed by atoms with Crippen molar-refractivity contribution in [3.63, 3.8) is 0 Å². The highest BCUT2D eigenvalue weighted by atomic mass is 16.3. The summed E-state index contributed by atoms with van der Waals surface area (Å²) in [5, 5.41) is 12.9. The molecule has 2 N–H and O–H groups in total. The molecule has 0 aliphatic carbocycles. The maximum Gasteiger partial charge on any atom is 0.222 e. The molecule has 2 atom stereocenters. The lowest BCUT2D eigenvalue weighted by Crippen LogP contribution is -2.39. The smallest absolute Gasteiger partial charge is 0.222 e. The van der Waals surface area contributed by atoms with Gasteiger partial charge in [0.15, 0.2) is 0 Å². The zero-order chi connectivity index (χ0) is 15.8. The Balaban J connectivity index is 1.61. The fourth-order valence-electron chi connectivity index (χ4n) is 3.04. The topological polar surface area (TPSA) is 52.6 Å². The molecule has 1 aliphatic heterocycles. The Kier molecular flexibility index (Phi) is 6.87. The number of aliphatic hydroxyl groups excluding tert-OH is 1. The molecule has 1 aromatic carbocycles. The molecule has 0 radical (unpaired) electrons. The quantitative estimate of drug-likeness (QED) is 0.761. The lowest BCUT2D eigenvalue weighted by molar-refractivity contribution is -0.123. The summed E-state index contributed by atoms with van der Waals surface area (Å²) in [5.74, 6) is -0.0805. The van der Waals surface area contributed by atoms with Crippen LogP contribution in [0.3, 0.4) is 0 Å². The van der Waals surface area contributed by atoms with Crippen LogP contribution in [-0.2, 0) is 4.79 Å². The predicted molar refractivity (Wildman–Crippen MR) is 88.5 cm³/mol. The second-order valence-corrected chi connectivity index (χ2v) is 6.21. The first-order valence-electron chi connectivity index (χ1n) is 8.40. The molecule has 1 saturated heterocycles. The van der Waals surface area contributed by atoms with Crippen LogP contribution in [0.1, 0.15) is 50.7 Å². The highest BCUT2D eigenvalue weighted by Crippen LogP contribution is 2.17. The number of rotatable bonds is 7. The van der Waals surface area contributed by atoms with Crippen LogP contribution in [0.5, 0.6) is 0 Å². The molecule has 1 fully saturated rings. The van der Waals surface area contributed by atoms with Crippen LogP contribution in [0.25, 0.3) is 0 Å². The first kappa shape index (κ1) is 17.0. The van der Waals surface area contributed by atoms with Crippen molar-refractivity contribution in [3.8, 4) is 0 Å². The zero-order valence-corrected chi connectivity index (χ0v) is 13.5. The number of carbonyl (C=O) groups excluding carboxylic acids is 1. The summed E-state index contributed by atoms with van der Waals surface area (Å²) in [6.07, 6.45) is 4.30. The average Bonchev–Trinajstić information content (AvgIpc) is 2.54. The summed E-state index contributed by atoms with van der Waals surface area (Å²) >= 11 is 0. The molecule has 122 valence electrons. The van der Waals surface area contributed by atoms with Crippen molar-refractivity contribution in [2.45, 2.75) is 51.2 Å². The van der Waals surface area contributed by atoms with E-state index in [0.29, 0.717) is 12.6 Å². The van der Waals surface area contributed by atoms with E-state index in [1.807, 2.05) is 30.3 Å². The molecular weight excluding hydrogens is 276 g/mol. The van der Waals surface area contributed by atoms with Gasteiger partial charge in [0.05, 0.1) is 12.5 Å². The molecule has 0 aromatic heterocycles. The van der Waals surface area contributed by atoms with Gasteiger partial charge >= 0.3 is 0 Å². The van der Waals surface area contributed by atoms with Gasteiger partial charge in [0.2, 0.25) is 5.91 Å². The molecular formula is C18H28N2O2. The number of nitrogens with zero attached hydrogens (tertiary/aromatic N) is 1. The molecule has 4 nitrogen and oxygen atoms in total. The second-order valence-electron chi connectivity index (χ2n) is 6.21. The minimum absolute atomic E-state index is 0.0805. The summed E-state index contributed by atoms with van der Waals surface area (Å²) in [5.41, 5.74) is 0.791. The lowest BCUT2D eigenvalue weighted by atomic mass is 10.0. The minimum atomic E-state index is -0.719. The van der Waals surface area contributed by atoms with Gasteiger partial charge < -0.3 is 15.3 Å². The van der Waals surface area contributed by atoms with Gasteiger partial charge in [-0.3, -0.25) is 4.79 Å². The molecule has 1 heterocycles. The van der Waals surface area contributed by atoms with Crippen molar-refractivity contribution in [1.29, 1.82) is 0 Å². The molecule has 22 heavy (non-hydrogen) atoms. The molecule has 2 rings (SSSR count). The zero-order valence-electron chi connectivity index (χ0n) is 13.5. The molecule has 0 saturated carbocycles. The highest BCUT2D eigenvalue weighted by molar-refractivity contribution is 5.76. The van der Waals surface area contributed by atoms with E-state index in [2.05, 4.69) is 17.1 Å². The van der Waals surface area contributed by atoms with E-state index in [9.17, 15) is 9.90 Å². The Morgan fingerprint density at radius 1 is 1.36 bits per heavy atom. The van der Waals surface area contributed by atoms with Crippen LogP contribution < -0.4 is 5.32 Å². The maximum absolute atomic E-state index is 11.9.